The highest BCUT2D eigenvalue weighted by molar-refractivity contribution is 5.87. The molecule has 2 aromatic rings. The number of amides is 1. The molecule has 1 unspecified atom stereocenters. The Balaban J connectivity index is 2.11. The predicted molar refractivity (Wildman–Crippen MR) is 74.9 cm³/mol. The highest BCUT2D eigenvalue weighted by Gasteiger charge is 2.10. The fraction of sp³-hybridized carbons (Fsp3) is 0.333. The van der Waals surface area contributed by atoms with Crippen molar-refractivity contribution in [2.24, 2.45) is 0 Å². The van der Waals surface area contributed by atoms with E-state index in [9.17, 15) is 4.79 Å². The first kappa shape index (κ1) is 13.5. The average Bonchev–Trinajstić information content (AvgIpc) is 2.39. The van der Waals surface area contributed by atoms with E-state index in [1.165, 1.54) is 0 Å². The molecule has 0 fully saturated rings. The normalized spacial score (nSPS) is 12.3. The minimum atomic E-state index is -0.0114. The van der Waals surface area contributed by atoms with Gasteiger partial charge < -0.3 is 10.1 Å². The molecule has 0 saturated heterocycles. The van der Waals surface area contributed by atoms with Gasteiger partial charge in [-0.25, -0.2) is 0 Å². The van der Waals surface area contributed by atoms with Crippen molar-refractivity contribution in [3.63, 3.8) is 0 Å². The lowest BCUT2D eigenvalue weighted by Crippen LogP contribution is -2.36. The van der Waals surface area contributed by atoms with E-state index in [0.717, 1.165) is 16.5 Å². The summed E-state index contributed by atoms with van der Waals surface area (Å²) in [6.45, 7) is 2.43. The van der Waals surface area contributed by atoms with Crippen LogP contribution in [0.2, 0.25) is 0 Å². The summed E-state index contributed by atoms with van der Waals surface area (Å²) in [5.74, 6) is -0.0114. The molecule has 1 amide bonds. The molecule has 0 radical (unpaired) electrons. The van der Waals surface area contributed by atoms with E-state index in [0.29, 0.717) is 13.0 Å². The Bertz CT molecular complexity index is 564. The van der Waals surface area contributed by atoms with Crippen LogP contribution in [0, 0.1) is 0 Å². The Labute approximate surface area is 112 Å². The molecule has 1 heterocycles. The lowest BCUT2D eigenvalue weighted by atomic mass is 10.1. The number of aromatic nitrogens is 1. The molecule has 1 aromatic heterocycles. The Morgan fingerprint density at radius 1 is 1.37 bits per heavy atom. The standard InChI is InChI=1S/C15H18N2O2/c1-11(10-19-2)17-14(18)9-13-6-3-5-12-7-4-8-16-15(12)13/h3-8,11H,9-10H2,1-2H3,(H,17,18). The highest BCUT2D eigenvalue weighted by atomic mass is 16.5. The van der Waals surface area contributed by atoms with Gasteiger partial charge >= 0.3 is 0 Å². The quantitative estimate of drug-likeness (QED) is 0.891. The second-order valence-corrected chi connectivity index (χ2v) is 4.59. The third-order valence-corrected chi connectivity index (χ3v) is 2.89. The van der Waals surface area contributed by atoms with E-state index in [-0.39, 0.29) is 11.9 Å². The number of hydrogen-bond donors (Lipinski definition) is 1. The topological polar surface area (TPSA) is 51.2 Å². The van der Waals surface area contributed by atoms with Crippen molar-refractivity contribution in [2.45, 2.75) is 19.4 Å². The van der Waals surface area contributed by atoms with Crippen LogP contribution in [0.5, 0.6) is 0 Å². The largest absolute Gasteiger partial charge is 0.383 e. The molecular formula is C15H18N2O2. The number of hydrogen-bond acceptors (Lipinski definition) is 3. The molecule has 0 aliphatic carbocycles. The molecule has 0 spiro atoms. The molecule has 4 nitrogen and oxygen atoms in total. The van der Waals surface area contributed by atoms with Gasteiger partial charge in [-0.3, -0.25) is 9.78 Å². The maximum atomic E-state index is 11.9. The number of pyridine rings is 1. The third-order valence-electron chi connectivity index (χ3n) is 2.89. The summed E-state index contributed by atoms with van der Waals surface area (Å²) in [6.07, 6.45) is 2.08. The summed E-state index contributed by atoms with van der Waals surface area (Å²) in [5.41, 5.74) is 1.83. The second-order valence-electron chi connectivity index (χ2n) is 4.59. The number of rotatable bonds is 5. The first-order chi connectivity index (χ1) is 9.20. The van der Waals surface area contributed by atoms with Crippen molar-refractivity contribution in [2.75, 3.05) is 13.7 Å². The van der Waals surface area contributed by atoms with Crippen LogP contribution in [0.4, 0.5) is 0 Å². The smallest absolute Gasteiger partial charge is 0.224 e. The van der Waals surface area contributed by atoms with E-state index in [1.807, 2.05) is 37.3 Å². The number of nitrogens with one attached hydrogen (secondary N) is 1. The summed E-state index contributed by atoms with van der Waals surface area (Å²) < 4.78 is 5.00. The maximum absolute atomic E-state index is 11.9. The zero-order valence-corrected chi connectivity index (χ0v) is 11.2. The van der Waals surface area contributed by atoms with Gasteiger partial charge in [0.2, 0.25) is 5.91 Å². The molecule has 0 aliphatic heterocycles. The van der Waals surface area contributed by atoms with Gasteiger partial charge in [0.1, 0.15) is 0 Å². The Kier molecular flexibility index (Phi) is 4.47. The number of carbonyl (C=O) groups is 1. The summed E-state index contributed by atoms with van der Waals surface area (Å²) in [4.78, 5) is 16.3. The van der Waals surface area contributed by atoms with Crippen LogP contribution in [-0.2, 0) is 16.0 Å². The van der Waals surface area contributed by atoms with Gasteiger partial charge in [-0.1, -0.05) is 24.3 Å². The van der Waals surface area contributed by atoms with Crippen LogP contribution in [0.3, 0.4) is 0 Å². The number of benzene rings is 1. The van der Waals surface area contributed by atoms with Crippen LogP contribution >= 0.6 is 0 Å². The van der Waals surface area contributed by atoms with Gasteiger partial charge in [0.05, 0.1) is 18.5 Å². The number of para-hydroxylation sites is 1. The monoisotopic (exact) mass is 258 g/mol. The fourth-order valence-corrected chi connectivity index (χ4v) is 2.10. The van der Waals surface area contributed by atoms with E-state index >= 15 is 0 Å². The van der Waals surface area contributed by atoms with E-state index < -0.39 is 0 Å². The zero-order valence-electron chi connectivity index (χ0n) is 11.2. The van der Waals surface area contributed by atoms with Gasteiger partial charge in [-0.15, -0.1) is 0 Å². The number of nitrogens with zero attached hydrogens (tertiary/aromatic N) is 1. The molecule has 0 saturated carbocycles. The lowest BCUT2D eigenvalue weighted by Gasteiger charge is -2.13. The van der Waals surface area contributed by atoms with Crippen molar-refractivity contribution in [3.05, 3.63) is 42.1 Å². The first-order valence-corrected chi connectivity index (χ1v) is 6.31. The van der Waals surface area contributed by atoms with Crippen molar-refractivity contribution >= 4 is 16.8 Å². The van der Waals surface area contributed by atoms with E-state index in [2.05, 4.69) is 10.3 Å². The molecular weight excluding hydrogens is 240 g/mol. The number of methoxy groups -OCH3 is 1. The van der Waals surface area contributed by atoms with Crippen LogP contribution < -0.4 is 5.32 Å². The van der Waals surface area contributed by atoms with Crippen LogP contribution in [0.25, 0.3) is 10.9 Å². The van der Waals surface area contributed by atoms with Crippen molar-refractivity contribution < 1.29 is 9.53 Å². The fourth-order valence-electron chi connectivity index (χ4n) is 2.10. The van der Waals surface area contributed by atoms with Crippen LogP contribution in [-0.4, -0.2) is 30.6 Å². The summed E-state index contributed by atoms with van der Waals surface area (Å²) in [6, 6.07) is 9.79. The first-order valence-electron chi connectivity index (χ1n) is 6.31. The summed E-state index contributed by atoms with van der Waals surface area (Å²) >= 11 is 0. The van der Waals surface area contributed by atoms with Crippen LogP contribution in [0.1, 0.15) is 12.5 Å². The highest BCUT2D eigenvalue weighted by Crippen LogP contribution is 2.16. The maximum Gasteiger partial charge on any atom is 0.224 e. The predicted octanol–water partition coefficient (Wildman–Crippen LogP) is 1.93. The summed E-state index contributed by atoms with van der Waals surface area (Å²) in [7, 11) is 1.62. The molecule has 100 valence electrons. The molecule has 2 rings (SSSR count). The van der Waals surface area contributed by atoms with Crippen molar-refractivity contribution in [1.82, 2.24) is 10.3 Å². The van der Waals surface area contributed by atoms with E-state index in [4.69, 9.17) is 4.74 Å². The third kappa shape index (κ3) is 3.51. The molecule has 1 aromatic carbocycles. The molecule has 1 atom stereocenters. The Morgan fingerprint density at radius 3 is 2.95 bits per heavy atom. The van der Waals surface area contributed by atoms with Gasteiger partial charge in [0.15, 0.2) is 0 Å². The second kappa shape index (κ2) is 6.29. The molecule has 0 aliphatic rings. The minimum Gasteiger partial charge on any atom is -0.383 e. The molecule has 1 N–H and O–H groups in total. The van der Waals surface area contributed by atoms with Gasteiger partial charge in [-0.05, 0) is 18.6 Å². The Hall–Kier alpha value is -1.94. The number of carbonyl (C=O) groups excluding carboxylic acids is 1. The van der Waals surface area contributed by atoms with Crippen molar-refractivity contribution in [3.8, 4) is 0 Å². The van der Waals surface area contributed by atoms with E-state index in [1.54, 1.807) is 13.3 Å². The number of fused-ring (bicyclic) bond motifs is 1. The van der Waals surface area contributed by atoms with Gasteiger partial charge in [-0.2, -0.15) is 0 Å². The Morgan fingerprint density at radius 2 is 2.16 bits per heavy atom. The molecule has 19 heavy (non-hydrogen) atoms. The molecule has 4 heteroatoms. The minimum absolute atomic E-state index is 0.0114. The SMILES string of the molecule is COCC(C)NC(=O)Cc1cccc2cccnc12. The van der Waals surface area contributed by atoms with Crippen molar-refractivity contribution in [1.29, 1.82) is 0 Å². The van der Waals surface area contributed by atoms with Gasteiger partial charge in [0.25, 0.3) is 0 Å². The van der Waals surface area contributed by atoms with Gasteiger partial charge in [0, 0.05) is 24.7 Å². The van der Waals surface area contributed by atoms with Crippen LogP contribution in [0.15, 0.2) is 36.5 Å². The zero-order chi connectivity index (χ0) is 13.7. The average molecular weight is 258 g/mol. The number of ether oxygens (including phenoxy) is 1. The lowest BCUT2D eigenvalue weighted by molar-refractivity contribution is -0.121. The molecule has 0 bridgehead atoms. The summed E-state index contributed by atoms with van der Waals surface area (Å²) in [5, 5.41) is 3.96.